The van der Waals surface area contributed by atoms with E-state index >= 15 is 0 Å². The normalized spacial score (nSPS) is 12.5. The maximum absolute atomic E-state index is 11.6. The number of nitrogens with one attached hydrogen (secondary N) is 1. The van der Waals surface area contributed by atoms with Crippen molar-refractivity contribution in [3.8, 4) is 0 Å². The Hall–Kier alpha value is -1.14. The number of hydrogen-bond donors (Lipinski definition) is 2. The second kappa shape index (κ2) is 8.12. The molecule has 6 heteroatoms. The molecule has 1 atom stereocenters. The van der Waals surface area contributed by atoms with Crippen molar-refractivity contribution in [2.45, 2.75) is 32.2 Å². The Labute approximate surface area is 124 Å². The number of carbonyl (C=O) groups excluding carboxylic acids is 1. The molecule has 1 aromatic rings. The van der Waals surface area contributed by atoms with E-state index in [0.29, 0.717) is 12.8 Å². The van der Waals surface area contributed by atoms with Gasteiger partial charge in [0.15, 0.2) is 0 Å². The lowest BCUT2D eigenvalue weighted by molar-refractivity contribution is -0.137. The monoisotopic (exact) mass is 345 g/mol. The highest BCUT2D eigenvalue weighted by Gasteiger charge is 2.06. The van der Waals surface area contributed by atoms with Gasteiger partial charge < -0.3 is 10.4 Å². The fraction of sp³-hybridized carbons (Fsp3) is 0.385. The van der Waals surface area contributed by atoms with Crippen LogP contribution in [0.4, 0.5) is 0 Å². The highest BCUT2D eigenvalue weighted by Crippen LogP contribution is 2.22. The van der Waals surface area contributed by atoms with Crippen molar-refractivity contribution in [1.82, 2.24) is 5.32 Å². The molecule has 1 heterocycles. The molecule has 0 aliphatic rings. The minimum atomic E-state index is -0.804. The zero-order valence-electron chi connectivity index (χ0n) is 10.6. The zero-order valence-corrected chi connectivity index (χ0v) is 13.0. The van der Waals surface area contributed by atoms with Gasteiger partial charge in [-0.15, -0.1) is 11.3 Å². The number of hydrogen-bond acceptors (Lipinski definition) is 3. The molecule has 0 fully saturated rings. The SMILES string of the molecule is CC(CCCC(=O)O)NC(=O)/C=C/c1ccc(Br)s1. The van der Waals surface area contributed by atoms with Crippen LogP contribution in [0.25, 0.3) is 6.08 Å². The van der Waals surface area contributed by atoms with Crippen LogP contribution in [0.15, 0.2) is 22.0 Å². The van der Waals surface area contributed by atoms with Crippen LogP contribution in [-0.2, 0) is 9.59 Å². The molecule has 0 radical (unpaired) electrons. The predicted molar refractivity (Wildman–Crippen MR) is 80.1 cm³/mol. The van der Waals surface area contributed by atoms with E-state index in [9.17, 15) is 9.59 Å². The molecule has 0 bridgehead atoms. The Bertz CT molecular complexity index is 470. The lowest BCUT2D eigenvalue weighted by Gasteiger charge is -2.11. The highest BCUT2D eigenvalue weighted by molar-refractivity contribution is 9.11. The molecule has 1 aromatic heterocycles. The predicted octanol–water partition coefficient (Wildman–Crippen LogP) is 3.28. The van der Waals surface area contributed by atoms with Crippen LogP contribution in [-0.4, -0.2) is 23.0 Å². The van der Waals surface area contributed by atoms with Gasteiger partial charge in [0, 0.05) is 23.4 Å². The van der Waals surface area contributed by atoms with Crippen molar-refractivity contribution < 1.29 is 14.7 Å². The van der Waals surface area contributed by atoms with Crippen molar-refractivity contribution in [3.63, 3.8) is 0 Å². The van der Waals surface area contributed by atoms with Gasteiger partial charge in [0.1, 0.15) is 0 Å². The minimum Gasteiger partial charge on any atom is -0.481 e. The molecule has 0 aliphatic carbocycles. The highest BCUT2D eigenvalue weighted by atomic mass is 79.9. The van der Waals surface area contributed by atoms with E-state index in [0.717, 1.165) is 8.66 Å². The van der Waals surface area contributed by atoms with Gasteiger partial charge in [-0.2, -0.15) is 0 Å². The van der Waals surface area contributed by atoms with Gasteiger partial charge in [-0.25, -0.2) is 0 Å². The number of halogens is 1. The Balaban J connectivity index is 2.30. The molecular weight excluding hydrogens is 330 g/mol. The molecule has 0 aromatic carbocycles. The van der Waals surface area contributed by atoms with Crippen LogP contribution in [0, 0.1) is 0 Å². The van der Waals surface area contributed by atoms with Gasteiger partial charge >= 0.3 is 5.97 Å². The molecule has 19 heavy (non-hydrogen) atoms. The summed E-state index contributed by atoms with van der Waals surface area (Å²) >= 11 is 4.91. The van der Waals surface area contributed by atoms with E-state index in [1.54, 1.807) is 17.4 Å². The maximum atomic E-state index is 11.6. The van der Waals surface area contributed by atoms with Crippen LogP contribution in [0.3, 0.4) is 0 Å². The standard InChI is InChI=1S/C13H16BrNO3S/c1-9(3-2-4-13(17)18)15-12(16)8-6-10-5-7-11(14)19-10/h5-9H,2-4H2,1H3,(H,15,16)(H,17,18)/b8-6+. The molecule has 0 saturated carbocycles. The summed E-state index contributed by atoms with van der Waals surface area (Å²) in [4.78, 5) is 23.0. The van der Waals surface area contributed by atoms with Gasteiger partial charge in [-0.1, -0.05) is 0 Å². The number of aliphatic carboxylic acids is 1. The van der Waals surface area contributed by atoms with Crippen molar-refractivity contribution >= 4 is 45.2 Å². The fourth-order valence-electron chi connectivity index (χ4n) is 1.50. The van der Waals surface area contributed by atoms with E-state index in [2.05, 4.69) is 21.2 Å². The first-order valence-electron chi connectivity index (χ1n) is 5.93. The van der Waals surface area contributed by atoms with Crippen molar-refractivity contribution in [3.05, 3.63) is 26.9 Å². The first kappa shape index (κ1) is 15.9. The summed E-state index contributed by atoms with van der Waals surface area (Å²) in [6.45, 7) is 1.87. The van der Waals surface area contributed by atoms with Crippen LogP contribution >= 0.6 is 27.3 Å². The third-order valence-electron chi connectivity index (χ3n) is 2.41. The van der Waals surface area contributed by atoms with Crippen LogP contribution in [0.1, 0.15) is 31.1 Å². The minimum absolute atomic E-state index is 0.0217. The number of thiophene rings is 1. The van der Waals surface area contributed by atoms with E-state index in [-0.39, 0.29) is 18.4 Å². The number of carboxylic acids is 1. The molecule has 1 amide bonds. The summed E-state index contributed by atoms with van der Waals surface area (Å²) in [7, 11) is 0. The molecular formula is C13H16BrNO3S. The molecule has 0 spiro atoms. The Kier molecular flexibility index (Phi) is 6.80. The lowest BCUT2D eigenvalue weighted by Crippen LogP contribution is -2.31. The third-order valence-corrected chi connectivity index (χ3v) is 4.00. The maximum Gasteiger partial charge on any atom is 0.303 e. The summed E-state index contributed by atoms with van der Waals surface area (Å²) < 4.78 is 1.02. The second-order valence-corrected chi connectivity index (χ2v) is 6.67. The van der Waals surface area contributed by atoms with Gasteiger partial charge in [0.25, 0.3) is 0 Å². The summed E-state index contributed by atoms with van der Waals surface area (Å²) in [6.07, 6.45) is 4.62. The van der Waals surface area contributed by atoms with Crippen molar-refractivity contribution in [2.75, 3.05) is 0 Å². The topological polar surface area (TPSA) is 66.4 Å². The second-order valence-electron chi connectivity index (χ2n) is 4.17. The van der Waals surface area contributed by atoms with Crippen LogP contribution < -0.4 is 5.32 Å². The van der Waals surface area contributed by atoms with Crippen LogP contribution in [0.5, 0.6) is 0 Å². The van der Waals surface area contributed by atoms with Crippen molar-refractivity contribution in [2.24, 2.45) is 0 Å². The molecule has 0 saturated heterocycles. The van der Waals surface area contributed by atoms with Gasteiger partial charge in [0.2, 0.25) is 5.91 Å². The average molecular weight is 346 g/mol. The van der Waals surface area contributed by atoms with Crippen molar-refractivity contribution in [1.29, 1.82) is 0 Å². The Morgan fingerprint density at radius 1 is 1.53 bits per heavy atom. The molecule has 4 nitrogen and oxygen atoms in total. The third kappa shape index (κ3) is 7.12. The van der Waals surface area contributed by atoms with Crippen LogP contribution in [0.2, 0.25) is 0 Å². The Morgan fingerprint density at radius 3 is 2.84 bits per heavy atom. The van der Waals surface area contributed by atoms with E-state index in [4.69, 9.17) is 5.11 Å². The lowest BCUT2D eigenvalue weighted by atomic mass is 10.1. The molecule has 104 valence electrons. The van der Waals surface area contributed by atoms with Gasteiger partial charge in [-0.05, 0) is 53.9 Å². The zero-order chi connectivity index (χ0) is 14.3. The van der Waals surface area contributed by atoms with E-state index in [1.807, 2.05) is 19.1 Å². The number of amides is 1. The number of carboxylic acid groups (broad SMARTS) is 1. The quantitative estimate of drug-likeness (QED) is 0.745. The average Bonchev–Trinajstić information content (AvgIpc) is 2.72. The summed E-state index contributed by atoms with van der Waals surface area (Å²) in [5.41, 5.74) is 0. The summed E-state index contributed by atoms with van der Waals surface area (Å²) in [5.74, 6) is -0.964. The number of rotatable bonds is 7. The summed E-state index contributed by atoms with van der Waals surface area (Å²) in [6, 6.07) is 3.83. The van der Waals surface area contributed by atoms with E-state index in [1.165, 1.54) is 6.08 Å². The Morgan fingerprint density at radius 2 is 2.26 bits per heavy atom. The van der Waals surface area contributed by atoms with Gasteiger partial charge in [0.05, 0.1) is 3.79 Å². The molecule has 1 unspecified atom stereocenters. The molecule has 0 aliphatic heterocycles. The number of carbonyl (C=O) groups is 2. The summed E-state index contributed by atoms with van der Waals surface area (Å²) in [5, 5.41) is 11.3. The first-order valence-corrected chi connectivity index (χ1v) is 7.54. The van der Waals surface area contributed by atoms with E-state index < -0.39 is 5.97 Å². The first-order chi connectivity index (χ1) is 8.97. The molecule has 1 rings (SSSR count). The smallest absolute Gasteiger partial charge is 0.303 e. The fourth-order valence-corrected chi connectivity index (χ4v) is 2.82. The largest absolute Gasteiger partial charge is 0.481 e. The molecule has 2 N–H and O–H groups in total. The van der Waals surface area contributed by atoms with Gasteiger partial charge in [-0.3, -0.25) is 9.59 Å².